The molecule has 5 atom stereocenters. The van der Waals surface area contributed by atoms with Crippen LogP contribution >= 0.6 is 0 Å². The molecular formula is C16H19NO5. The highest BCUT2D eigenvalue weighted by Crippen LogP contribution is 2.36. The molecule has 1 aromatic heterocycles. The predicted octanol–water partition coefficient (Wildman–Crippen LogP) is 0.197. The second-order valence-electron chi connectivity index (χ2n) is 5.42. The van der Waals surface area contributed by atoms with Crippen LogP contribution in [0, 0.1) is 0 Å². The van der Waals surface area contributed by atoms with Gasteiger partial charge in [0.05, 0.1) is 12.3 Å². The largest absolute Gasteiger partial charge is 0.394 e. The van der Waals surface area contributed by atoms with E-state index in [9.17, 15) is 20.4 Å². The lowest BCUT2D eigenvalue weighted by atomic mass is 9.91. The number of rotatable bonds is 3. The third-order valence-electron chi connectivity index (χ3n) is 4.04. The number of H-pyrrole nitrogens is 1. The first kappa shape index (κ1) is 15.2. The standard InChI is InChI=1S/C16H19NO5/c18-8-11-13(19)14(20)15(21)16(22-11)12-10(6-7-17-12)9-4-2-1-3-5-9/h1-7,11,13-21H,8H2/t11-,13-,14+,15-,16+/m1/s1. The second kappa shape index (κ2) is 6.20. The Labute approximate surface area is 127 Å². The van der Waals surface area contributed by atoms with Gasteiger partial charge in [0.25, 0.3) is 0 Å². The van der Waals surface area contributed by atoms with E-state index in [0.717, 1.165) is 11.1 Å². The molecule has 1 fully saturated rings. The molecule has 2 aromatic rings. The number of benzene rings is 1. The summed E-state index contributed by atoms with van der Waals surface area (Å²) < 4.78 is 5.60. The second-order valence-corrected chi connectivity index (χ2v) is 5.42. The molecular weight excluding hydrogens is 286 g/mol. The summed E-state index contributed by atoms with van der Waals surface area (Å²) in [6, 6.07) is 11.4. The van der Waals surface area contributed by atoms with E-state index in [1.165, 1.54) is 0 Å². The number of aromatic nitrogens is 1. The smallest absolute Gasteiger partial charge is 0.127 e. The molecule has 1 aliphatic rings. The molecule has 3 rings (SSSR count). The summed E-state index contributed by atoms with van der Waals surface area (Å²) in [4.78, 5) is 3.03. The maximum absolute atomic E-state index is 10.2. The number of aliphatic hydroxyl groups excluding tert-OH is 4. The van der Waals surface area contributed by atoms with Gasteiger partial charge >= 0.3 is 0 Å². The van der Waals surface area contributed by atoms with Crippen LogP contribution in [0.2, 0.25) is 0 Å². The van der Waals surface area contributed by atoms with E-state index in [0.29, 0.717) is 5.69 Å². The third kappa shape index (κ3) is 2.55. The topological polar surface area (TPSA) is 106 Å². The van der Waals surface area contributed by atoms with Crippen LogP contribution in [0.15, 0.2) is 42.6 Å². The Kier molecular flexibility index (Phi) is 4.28. The number of nitrogens with one attached hydrogen (secondary N) is 1. The fraction of sp³-hybridized carbons (Fsp3) is 0.375. The summed E-state index contributed by atoms with van der Waals surface area (Å²) in [5.74, 6) is 0. The molecule has 1 aromatic carbocycles. The molecule has 1 aliphatic heterocycles. The predicted molar refractivity (Wildman–Crippen MR) is 78.9 cm³/mol. The number of aliphatic hydroxyl groups is 4. The Balaban J connectivity index is 1.96. The van der Waals surface area contributed by atoms with E-state index >= 15 is 0 Å². The van der Waals surface area contributed by atoms with Gasteiger partial charge in [0.1, 0.15) is 30.5 Å². The maximum Gasteiger partial charge on any atom is 0.127 e. The van der Waals surface area contributed by atoms with E-state index in [-0.39, 0.29) is 0 Å². The molecule has 1 saturated heterocycles. The van der Waals surface area contributed by atoms with Crippen molar-refractivity contribution in [1.82, 2.24) is 4.98 Å². The van der Waals surface area contributed by atoms with Crippen LogP contribution in [-0.4, -0.2) is 56.4 Å². The highest BCUT2D eigenvalue weighted by molar-refractivity contribution is 5.66. The van der Waals surface area contributed by atoms with Gasteiger partial charge in [0, 0.05) is 11.8 Å². The SMILES string of the molecule is OC[C@H]1O[C@@H](c2[nH]ccc2-c2ccccc2)[C@H](O)[C@@H](O)[C@@H]1O. The molecule has 0 radical (unpaired) electrons. The first-order valence-corrected chi connectivity index (χ1v) is 7.16. The van der Waals surface area contributed by atoms with Crippen molar-refractivity contribution in [1.29, 1.82) is 0 Å². The van der Waals surface area contributed by atoms with Gasteiger partial charge in [-0.1, -0.05) is 30.3 Å². The molecule has 0 aliphatic carbocycles. The van der Waals surface area contributed by atoms with Gasteiger partial charge < -0.3 is 30.1 Å². The highest BCUT2D eigenvalue weighted by Gasteiger charge is 2.45. The number of aromatic amines is 1. The average Bonchev–Trinajstić information content (AvgIpc) is 3.03. The molecule has 2 heterocycles. The molecule has 6 nitrogen and oxygen atoms in total. The molecule has 22 heavy (non-hydrogen) atoms. The first-order valence-electron chi connectivity index (χ1n) is 7.16. The van der Waals surface area contributed by atoms with Crippen LogP contribution < -0.4 is 0 Å². The molecule has 6 heteroatoms. The Morgan fingerprint density at radius 3 is 2.36 bits per heavy atom. The lowest BCUT2D eigenvalue weighted by Gasteiger charge is -2.40. The van der Waals surface area contributed by atoms with Gasteiger partial charge in [0.2, 0.25) is 0 Å². The van der Waals surface area contributed by atoms with Crippen LogP contribution in [0.25, 0.3) is 11.1 Å². The van der Waals surface area contributed by atoms with E-state index in [1.54, 1.807) is 6.20 Å². The van der Waals surface area contributed by atoms with E-state index < -0.39 is 37.1 Å². The summed E-state index contributed by atoms with van der Waals surface area (Å²) in [7, 11) is 0. The fourth-order valence-electron chi connectivity index (χ4n) is 2.83. The maximum atomic E-state index is 10.2. The van der Waals surface area contributed by atoms with Crippen molar-refractivity contribution in [2.75, 3.05) is 6.61 Å². The minimum absolute atomic E-state index is 0.442. The third-order valence-corrected chi connectivity index (χ3v) is 4.04. The van der Waals surface area contributed by atoms with Crippen molar-refractivity contribution in [3.05, 3.63) is 48.3 Å². The van der Waals surface area contributed by atoms with Gasteiger partial charge in [-0.25, -0.2) is 0 Å². The minimum Gasteiger partial charge on any atom is -0.394 e. The van der Waals surface area contributed by atoms with Crippen molar-refractivity contribution in [3.63, 3.8) is 0 Å². The Hall–Kier alpha value is -1.70. The van der Waals surface area contributed by atoms with Crippen molar-refractivity contribution >= 4 is 0 Å². The Bertz CT molecular complexity index is 612. The summed E-state index contributed by atoms with van der Waals surface area (Å²) >= 11 is 0. The summed E-state index contributed by atoms with van der Waals surface area (Å²) in [6.07, 6.45) is -4.09. The van der Waals surface area contributed by atoms with Crippen LogP contribution in [0.4, 0.5) is 0 Å². The number of hydrogen-bond donors (Lipinski definition) is 5. The zero-order valence-corrected chi connectivity index (χ0v) is 11.8. The van der Waals surface area contributed by atoms with Gasteiger partial charge in [0.15, 0.2) is 0 Å². The van der Waals surface area contributed by atoms with Gasteiger partial charge in [-0.05, 0) is 11.6 Å². The fourth-order valence-corrected chi connectivity index (χ4v) is 2.83. The molecule has 5 N–H and O–H groups in total. The zero-order valence-electron chi connectivity index (χ0n) is 11.8. The van der Waals surface area contributed by atoms with Crippen molar-refractivity contribution < 1.29 is 25.2 Å². The Morgan fingerprint density at radius 2 is 1.68 bits per heavy atom. The summed E-state index contributed by atoms with van der Waals surface area (Å²) in [5, 5.41) is 39.3. The van der Waals surface area contributed by atoms with Crippen LogP contribution in [-0.2, 0) is 4.74 Å². The van der Waals surface area contributed by atoms with Crippen molar-refractivity contribution in [3.8, 4) is 11.1 Å². The van der Waals surface area contributed by atoms with Crippen LogP contribution in [0.3, 0.4) is 0 Å². The average molecular weight is 305 g/mol. The van der Waals surface area contributed by atoms with Crippen LogP contribution in [0.1, 0.15) is 11.8 Å². The molecule has 0 bridgehead atoms. The normalized spacial score (nSPS) is 32.1. The van der Waals surface area contributed by atoms with Crippen LogP contribution in [0.5, 0.6) is 0 Å². The molecule has 0 amide bonds. The molecule has 118 valence electrons. The summed E-state index contributed by atoms with van der Waals surface area (Å²) in [6.45, 7) is -0.442. The molecule has 0 saturated carbocycles. The lowest BCUT2D eigenvalue weighted by molar-refractivity contribution is -0.232. The van der Waals surface area contributed by atoms with Crippen molar-refractivity contribution in [2.24, 2.45) is 0 Å². The zero-order chi connectivity index (χ0) is 15.7. The monoisotopic (exact) mass is 305 g/mol. The first-order chi connectivity index (χ1) is 10.6. The number of ether oxygens (including phenoxy) is 1. The van der Waals surface area contributed by atoms with E-state index in [4.69, 9.17) is 4.74 Å². The minimum atomic E-state index is -1.39. The quantitative estimate of drug-likeness (QED) is 0.557. The van der Waals surface area contributed by atoms with E-state index in [1.807, 2.05) is 36.4 Å². The highest BCUT2D eigenvalue weighted by atomic mass is 16.5. The van der Waals surface area contributed by atoms with Gasteiger partial charge in [-0.3, -0.25) is 0 Å². The van der Waals surface area contributed by atoms with Gasteiger partial charge in [-0.2, -0.15) is 0 Å². The van der Waals surface area contributed by atoms with E-state index in [2.05, 4.69) is 4.98 Å². The number of hydrogen-bond acceptors (Lipinski definition) is 5. The van der Waals surface area contributed by atoms with Gasteiger partial charge in [-0.15, -0.1) is 0 Å². The van der Waals surface area contributed by atoms with Crippen molar-refractivity contribution in [2.45, 2.75) is 30.5 Å². The lowest BCUT2D eigenvalue weighted by Crippen LogP contribution is -2.55. The molecule has 0 unspecified atom stereocenters. The summed E-state index contributed by atoms with van der Waals surface area (Å²) in [5.41, 5.74) is 2.38. The molecule has 0 spiro atoms. The Morgan fingerprint density at radius 1 is 0.955 bits per heavy atom.